The highest BCUT2D eigenvalue weighted by molar-refractivity contribution is 7.99. The molecule has 2 heterocycles. The Labute approximate surface area is 104 Å². The molecule has 4 heteroatoms. The van der Waals surface area contributed by atoms with Crippen LogP contribution in [-0.2, 0) is 0 Å². The zero-order chi connectivity index (χ0) is 11.1. The van der Waals surface area contributed by atoms with E-state index in [1.54, 1.807) is 0 Å². The molecule has 1 unspecified atom stereocenters. The summed E-state index contributed by atoms with van der Waals surface area (Å²) in [6.07, 6.45) is 4.12. The molecule has 0 spiro atoms. The third kappa shape index (κ3) is 4.62. The molecule has 0 saturated carbocycles. The van der Waals surface area contributed by atoms with Crippen molar-refractivity contribution >= 4 is 11.8 Å². The van der Waals surface area contributed by atoms with Crippen LogP contribution >= 0.6 is 11.8 Å². The Kier molecular flexibility index (Phi) is 5.97. The van der Waals surface area contributed by atoms with Crippen molar-refractivity contribution in [2.75, 3.05) is 50.8 Å². The normalized spacial score (nSPS) is 28.1. The lowest BCUT2D eigenvalue weighted by Crippen LogP contribution is -2.44. The van der Waals surface area contributed by atoms with E-state index in [4.69, 9.17) is 0 Å². The summed E-state index contributed by atoms with van der Waals surface area (Å²) in [5.41, 5.74) is 0. The third-order valence-corrected chi connectivity index (χ3v) is 4.45. The van der Waals surface area contributed by atoms with Crippen molar-refractivity contribution in [2.24, 2.45) is 0 Å². The number of thioether (sulfide) groups is 1. The van der Waals surface area contributed by atoms with Crippen LogP contribution in [0, 0.1) is 0 Å². The highest BCUT2D eigenvalue weighted by atomic mass is 32.2. The van der Waals surface area contributed by atoms with Gasteiger partial charge in [0.2, 0.25) is 0 Å². The van der Waals surface area contributed by atoms with E-state index >= 15 is 0 Å². The minimum Gasteiger partial charge on any atom is -0.314 e. The Morgan fingerprint density at radius 2 is 2.12 bits per heavy atom. The fourth-order valence-corrected chi connectivity index (χ4v) is 3.42. The summed E-state index contributed by atoms with van der Waals surface area (Å²) < 4.78 is 0. The van der Waals surface area contributed by atoms with Gasteiger partial charge >= 0.3 is 0 Å². The molecule has 0 aromatic rings. The maximum Gasteiger partial charge on any atom is 0.0192 e. The second kappa shape index (κ2) is 7.54. The van der Waals surface area contributed by atoms with E-state index in [-0.39, 0.29) is 0 Å². The predicted molar refractivity (Wildman–Crippen MR) is 72.3 cm³/mol. The second-order valence-corrected chi connectivity index (χ2v) is 6.03. The summed E-state index contributed by atoms with van der Waals surface area (Å²) in [6.45, 7) is 7.33. The minimum atomic E-state index is 0.727. The van der Waals surface area contributed by atoms with Gasteiger partial charge in [0.15, 0.2) is 0 Å². The van der Waals surface area contributed by atoms with Crippen LogP contribution in [0.4, 0.5) is 0 Å². The van der Waals surface area contributed by atoms with E-state index < -0.39 is 0 Å². The zero-order valence-corrected chi connectivity index (χ0v) is 11.0. The van der Waals surface area contributed by atoms with Crippen molar-refractivity contribution in [1.29, 1.82) is 0 Å². The van der Waals surface area contributed by atoms with Crippen molar-refractivity contribution in [2.45, 2.75) is 25.3 Å². The third-order valence-electron chi connectivity index (χ3n) is 3.51. The molecule has 2 fully saturated rings. The molecule has 0 aromatic heterocycles. The molecule has 0 radical (unpaired) electrons. The van der Waals surface area contributed by atoms with Crippen molar-refractivity contribution in [3.8, 4) is 0 Å². The van der Waals surface area contributed by atoms with Crippen LogP contribution in [-0.4, -0.2) is 61.7 Å². The first-order valence-corrected chi connectivity index (χ1v) is 7.85. The SMILES string of the molecule is C1CCC(CNCCN2CCSCC2)NC1. The predicted octanol–water partition coefficient (Wildman–Crippen LogP) is 0.767. The number of hydrogen-bond acceptors (Lipinski definition) is 4. The number of rotatable bonds is 5. The first-order valence-electron chi connectivity index (χ1n) is 6.69. The van der Waals surface area contributed by atoms with Crippen LogP contribution in [0.2, 0.25) is 0 Å². The Bertz CT molecular complexity index is 157. The van der Waals surface area contributed by atoms with Crippen molar-refractivity contribution in [3.05, 3.63) is 0 Å². The molecule has 2 N–H and O–H groups in total. The Morgan fingerprint density at radius 3 is 2.88 bits per heavy atom. The Balaban J connectivity index is 1.47. The minimum absolute atomic E-state index is 0.727. The smallest absolute Gasteiger partial charge is 0.0192 e. The molecule has 2 saturated heterocycles. The monoisotopic (exact) mass is 243 g/mol. The number of piperidine rings is 1. The summed E-state index contributed by atoms with van der Waals surface area (Å²) in [4.78, 5) is 2.58. The molecule has 2 rings (SSSR count). The van der Waals surface area contributed by atoms with Crippen molar-refractivity contribution < 1.29 is 0 Å². The van der Waals surface area contributed by atoms with Gasteiger partial charge in [0.05, 0.1) is 0 Å². The molecule has 94 valence electrons. The van der Waals surface area contributed by atoms with Crippen LogP contribution in [0.15, 0.2) is 0 Å². The van der Waals surface area contributed by atoms with E-state index in [9.17, 15) is 0 Å². The summed E-state index contributed by atoms with van der Waals surface area (Å²) in [7, 11) is 0. The molecule has 2 aliphatic rings. The van der Waals surface area contributed by atoms with E-state index in [1.807, 2.05) is 0 Å². The maximum absolute atomic E-state index is 3.59. The lowest BCUT2D eigenvalue weighted by Gasteiger charge is -2.27. The van der Waals surface area contributed by atoms with Crippen LogP contribution in [0.25, 0.3) is 0 Å². The molecule has 0 amide bonds. The average Bonchev–Trinajstić information content (AvgIpc) is 2.37. The van der Waals surface area contributed by atoms with Gasteiger partial charge in [-0.25, -0.2) is 0 Å². The summed E-state index contributed by atoms with van der Waals surface area (Å²) in [5.74, 6) is 2.65. The number of hydrogen-bond donors (Lipinski definition) is 2. The molecule has 16 heavy (non-hydrogen) atoms. The van der Waals surface area contributed by atoms with Gasteiger partial charge in [-0.05, 0) is 19.4 Å². The quantitative estimate of drug-likeness (QED) is 0.698. The molecule has 0 aromatic carbocycles. The molecular weight excluding hydrogens is 218 g/mol. The van der Waals surface area contributed by atoms with Crippen LogP contribution in [0.3, 0.4) is 0 Å². The zero-order valence-electron chi connectivity index (χ0n) is 10.2. The molecule has 0 aliphatic carbocycles. The van der Waals surface area contributed by atoms with Gasteiger partial charge < -0.3 is 15.5 Å². The molecule has 1 atom stereocenters. The highest BCUT2D eigenvalue weighted by Crippen LogP contribution is 2.08. The fraction of sp³-hybridized carbons (Fsp3) is 1.00. The van der Waals surface area contributed by atoms with Gasteiger partial charge in [-0.1, -0.05) is 6.42 Å². The first-order chi connectivity index (χ1) is 7.95. The lowest BCUT2D eigenvalue weighted by atomic mass is 10.1. The standard InChI is InChI=1S/C12H25N3S/c1-2-4-14-12(3-1)11-13-5-6-15-7-9-16-10-8-15/h12-14H,1-11H2. The highest BCUT2D eigenvalue weighted by Gasteiger charge is 2.12. The Morgan fingerprint density at radius 1 is 1.25 bits per heavy atom. The van der Waals surface area contributed by atoms with Gasteiger partial charge in [-0.15, -0.1) is 0 Å². The summed E-state index contributed by atoms with van der Waals surface area (Å²) >= 11 is 2.09. The van der Waals surface area contributed by atoms with Gasteiger partial charge in [0.25, 0.3) is 0 Å². The topological polar surface area (TPSA) is 27.3 Å². The van der Waals surface area contributed by atoms with Gasteiger partial charge in [0.1, 0.15) is 0 Å². The van der Waals surface area contributed by atoms with E-state index in [0.29, 0.717) is 0 Å². The maximum atomic E-state index is 3.59. The average molecular weight is 243 g/mol. The molecular formula is C12H25N3S. The number of nitrogens with one attached hydrogen (secondary N) is 2. The fourth-order valence-electron chi connectivity index (χ4n) is 2.44. The van der Waals surface area contributed by atoms with Crippen molar-refractivity contribution in [1.82, 2.24) is 15.5 Å². The molecule has 3 nitrogen and oxygen atoms in total. The van der Waals surface area contributed by atoms with Gasteiger partial charge in [-0.2, -0.15) is 11.8 Å². The van der Waals surface area contributed by atoms with Crippen LogP contribution in [0.1, 0.15) is 19.3 Å². The van der Waals surface area contributed by atoms with Crippen molar-refractivity contribution in [3.63, 3.8) is 0 Å². The van der Waals surface area contributed by atoms with Gasteiger partial charge in [0, 0.05) is 50.3 Å². The van der Waals surface area contributed by atoms with E-state index in [1.165, 1.54) is 56.9 Å². The lowest BCUT2D eigenvalue weighted by molar-refractivity contribution is 0.295. The Hall–Kier alpha value is 0.230. The first kappa shape index (κ1) is 12.7. The van der Waals surface area contributed by atoms with E-state index in [2.05, 4.69) is 27.3 Å². The van der Waals surface area contributed by atoms with E-state index in [0.717, 1.165) is 19.1 Å². The summed E-state index contributed by atoms with van der Waals surface area (Å²) in [5, 5.41) is 7.17. The largest absolute Gasteiger partial charge is 0.314 e. The molecule has 0 bridgehead atoms. The molecule has 2 aliphatic heterocycles. The number of nitrogens with zero attached hydrogens (tertiary/aromatic N) is 1. The van der Waals surface area contributed by atoms with Crippen LogP contribution < -0.4 is 10.6 Å². The van der Waals surface area contributed by atoms with Crippen LogP contribution in [0.5, 0.6) is 0 Å². The summed E-state index contributed by atoms with van der Waals surface area (Å²) in [6, 6.07) is 0.727. The second-order valence-electron chi connectivity index (χ2n) is 4.80. The van der Waals surface area contributed by atoms with Gasteiger partial charge in [-0.3, -0.25) is 0 Å².